The van der Waals surface area contributed by atoms with E-state index in [1.165, 1.54) is 34.3 Å². The smallest absolute Gasteiger partial charge is 0.181 e. The van der Waals surface area contributed by atoms with Gasteiger partial charge in [0.1, 0.15) is 0 Å². The molecule has 9 aromatic rings. The Morgan fingerprint density at radius 2 is 0.978 bits per heavy atom. The third-order valence-corrected chi connectivity index (χ3v) is 8.35. The Bertz CT molecular complexity index is 2350. The van der Waals surface area contributed by atoms with Crippen molar-refractivity contribution in [2.45, 2.75) is 0 Å². The molecule has 0 aliphatic heterocycles. The second-order valence-corrected chi connectivity index (χ2v) is 11.0. The molecular weight excluding hydrogens is 558 g/mol. The number of benzene rings is 4. The fourth-order valence-electron chi connectivity index (χ4n) is 6.22. The van der Waals surface area contributed by atoms with Crippen LogP contribution in [0.1, 0.15) is 0 Å². The van der Waals surface area contributed by atoms with E-state index in [4.69, 9.17) is 8.83 Å². The van der Waals surface area contributed by atoms with Gasteiger partial charge >= 0.3 is 0 Å². The van der Waals surface area contributed by atoms with Crippen LogP contribution in [0, 0.1) is 0 Å². The van der Waals surface area contributed by atoms with Crippen molar-refractivity contribution in [1.82, 2.24) is 24.5 Å². The topological polar surface area (TPSA) is 82.8 Å². The molecule has 5 heterocycles. The molecule has 7 heteroatoms. The molecule has 0 amide bonds. The molecular formula is C38H23N5O2. The highest BCUT2D eigenvalue weighted by Gasteiger charge is 2.17. The number of oxazole rings is 2. The average molecular weight is 582 g/mol. The Labute approximate surface area is 257 Å². The summed E-state index contributed by atoms with van der Waals surface area (Å²) in [7, 11) is 0. The second kappa shape index (κ2) is 10.1. The van der Waals surface area contributed by atoms with E-state index < -0.39 is 0 Å². The van der Waals surface area contributed by atoms with Crippen LogP contribution in [0.15, 0.2) is 150 Å². The van der Waals surface area contributed by atoms with Crippen molar-refractivity contribution >= 4 is 32.6 Å². The third-order valence-electron chi connectivity index (χ3n) is 8.35. The molecule has 0 saturated carbocycles. The van der Waals surface area contributed by atoms with E-state index in [1.807, 2.05) is 12.4 Å². The molecule has 0 bridgehead atoms. The summed E-state index contributed by atoms with van der Waals surface area (Å²) in [6.45, 7) is 0. The Balaban J connectivity index is 1.29. The number of fused-ring (bicyclic) bond motifs is 4. The van der Waals surface area contributed by atoms with Gasteiger partial charge in [-0.15, -0.1) is 0 Å². The van der Waals surface area contributed by atoms with Crippen LogP contribution in [-0.4, -0.2) is 24.5 Å². The van der Waals surface area contributed by atoms with Crippen LogP contribution in [0.2, 0.25) is 0 Å². The zero-order chi connectivity index (χ0) is 29.7. The van der Waals surface area contributed by atoms with Crippen molar-refractivity contribution in [3.8, 4) is 50.6 Å². The van der Waals surface area contributed by atoms with Crippen LogP contribution in [0.25, 0.3) is 83.2 Å². The standard InChI is InChI=1S/C38H23N5O2/c1-2-6-31-24(4-1)5-3-7-34(31)43-35-14-25(27-12-29(18-39-16-27)37-20-41-22-44-37)8-10-32(35)33-11-9-26(15-36(33)43)28-13-30(19-40-17-28)38-21-42-23-45-38/h1-23H. The normalized spacial score (nSPS) is 11.6. The molecule has 0 aliphatic carbocycles. The maximum atomic E-state index is 5.55. The van der Waals surface area contributed by atoms with Gasteiger partial charge in [0, 0.05) is 63.2 Å². The molecule has 0 fully saturated rings. The predicted octanol–water partition coefficient (Wildman–Crippen LogP) is 9.37. The summed E-state index contributed by atoms with van der Waals surface area (Å²) in [6, 6.07) is 32.4. The van der Waals surface area contributed by atoms with Gasteiger partial charge in [-0.2, -0.15) is 0 Å². The lowest BCUT2D eigenvalue weighted by atomic mass is 10.0. The number of hydrogen-bond donors (Lipinski definition) is 0. The fraction of sp³-hybridized carbons (Fsp3) is 0. The molecule has 9 rings (SSSR count). The summed E-state index contributed by atoms with van der Waals surface area (Å²) in [6.07, 6.45) is 13.6. The van der Waals surface area contributed by atoms with Crippen molar-refractivity contribution in [2.75, 3.05) is 0 Å². The van der Waals surface area contributed by atoms with Crippen molar-refractivity contribution < 1.29 is 8.83 Å². The van der Waals surface area contributed by atoms with Crippen molar-refractivity contribution in [3.63, 3.8) is 0 Å². The van der Waals surface area contributed by atoms with Crippen LogP contribution in [0.4, 0.5) is 0 Å². The SMILES string of the molecule is c1ccc2c(-n3c4cc(-c5cncc(-c6cnco6)c5)ccc4c4ccc(-c5cncc(-c6cnco6)c5)cc43)cccc2c1. The minimum atomic E-state index is 0.685. The first-order chi connectivity index (χ1) is 22.3. The summed E-state index contributed by atoms with van der Waals surface area (Å²) in [4.78, 5) is 17.2. The maximum Gasteiger partial charge on any atom is 0.181 e. The summed E-state index contributed by atoms with van der Waals surface area (Å²) >= 11 is 0. The average Bonchev–Trinajstić information content (AvgIpc) is 3.89. The lowest BCUT2D eigenvalue weighted by molar-refractivity contribution is 0.571. The first-order valence-electron chi connectivity index (χ1n) is 14.6. The van der Waals surface area contributed by atoms with Crippen molar-refractivity contribution in [3.05, 3.63) is 141 Å². The van der Waals surface area contributed by atoms with Crippen molar-refractivity contribution in [2.24, 2.45) is 0 Å². The number of hydrogen-bond acceptors (Lipinski definition) is 6. The fourth-order valence-corrected chi connectivity index (χ4v) is 6.22. The molecule has 0 radical (unpaired) electrons. The van der Waals surface area contributed by atoms with Crippen LogP contribution in [0.3, 0.4) is 0 Å². The van der Waals surface area contributed by atoms with Gasteiger partial charge in [-0.05, 0) is 46.8 Å². The maximum absolute atomic E-state index is 5.55. The van der Waals surface area contributed by atoms with Gasteiger partial charge in [0.15, 0.2) is 24.3 Å². The second-order valence-electron chi connectivity index (χ2n) is 11.0. The van der Waals surface area contributed by atoms with E-state index in [9.17, 15) is 0 Å². The summed E-state index contributed by atoms with van der Waals surface area (Å²) in [5.74, 6) is 1.37. The van der Waals surface area contributed by atoms with Crippen molar-refractivity contribution in [1.29, 1.82) is 0 Å². The molecule has 0 aliphatic rings. The Hall–Kier alpha value is -6.34. The number of pyridine rings is 2. The van der Waals surface area contributed by atoms with E-state index in [0.717, 1.165) is 50.1 Å². The quantitative estimate of drug-likeness (QED) is 0.201. The highest BCUT2D eigenvalue weighted by atomic mass is 16.3. The van der Waals surface area contributed by atoms with Gasteiger partial charge in [-0.25, -0.2) is 9.97 Å². The van der Waals surface area contributed by atoms with E-state index in [2.05, 4.69) is 115 Å². The first-order valence-corrected chi connectivity index (χ1v) is 14.6. The molecule has 5 aromatic heterocycles. The molecule has 0 N–H and O–H groups in total. The van der Waals surface area contributed by atoms with E-state index in [0.29, 0.717) is 11.5 Å². The zero-order valence-corrected chi connectivity index (χ0v) is 23.8. The van der Waals surface area contributed by atoms with Crippen LogP contribution in [0.5, 0.6) is 0 Å². The van der Waals surface area contributed by atoms with Gasteiger partial charge in [0.2, 0.25) is 0 Å². The Kier molecular flexibility index (Phi) is 5.67. The van der Waals surface area contributed by atoms with E-state index >= 15 is 0 Å². The number of rotatable bonds is 5. The molecule has 7 nitrogen and oxygen atoms in total. The van der Waals surface area contributed by atoms with Gasteiger partial charge < -0.3 is 13.4 Å². The Morgan fingerprint density at radius 3 is 1.56 bits per heavy atom. The van der Waals surface area contributed by atoms with Gasteiger partial charge in [-0.1, -0.05) is 60.7 Å². The Morgan fingerprint density at radius 1 is 0.422 bits per heavy atom. The monoisotopic (exact) mass is 581 g/mol. The zero-order valence-electron chi connectivity index (χ0n) is 23.8. The van der Waals surface area contributed by atoms with Crippen LogP contribution < -0.4 is 0 Å². The lowest BCUT2D eigenvalue weighted by Crippen LogP contribution is -1.96. The predicted molar refractivity (Wildman–Crippen MR) is 176 cm³/mol. The summed E-state index contributed by atoms with van der Waals surface area (Å²) < 4.78 is 13.5. The molecule has 212 valence electrons. The molecule has 0 spiro atoms. The highest BCUT2D eigenvalue weighted by molar-refractivity contribution is 6.12. The molecule has 0 atom stereocenters. The summed E-state index contributed by atoms with van der Waals surface area (Å²) in [5, 5.41) is 4.70. The van der Waals surface area contributed by atoms with Crippen LogP contribution >= 0.6 is 0 Å². The minimum absolute atomic E-state index is 0.685. The minimum Gasteiger partial charge on any atom is -0.443 e. The first kappa shape index (κ1) is 25.2. The lowest BCUT2D eigenvalue weighted by Gasteiger charge is -2.13. The van der Waals surface area contributed by atoms with Crippen LogP contribution in [-0.2, 0) is 0 Å². The molecule has 4 aromatic carbocycles. The molecule has 0 unspecified atom stereocenters. The van der Waals surface area contributed by atoms with Gasteiger partial charge in [-0.3, -0.25) is 9.97 Å². The van der Waals surface area contributed by atoms with Gasteiger partial charge in [0.05, 0.1) is 29.1 Å². The van der Waals surface area contributed by atoms with Gasteiger partial charge in [0.25, 0.3) is 0 Å². The molecule has 0 saturated heterocycles. The number of aromatic nitrogens is 5. The number of nitrogens with zero attached hydrogens (tertiary/aromatic N) is 5. The van der Waals surface area contributed by atoms with E-state index in [1.54, 1.807) is 24.8 Å². The largest absolute Gasteiger partial charge is 0.443 e. The third kappa shape index (κ3) is 4.21. The van der Waals surface area contributed by atoms with E-state index in [-0.39, 0.29) is 0 Å². The summed E-state index contributed by atoms with van der Waals surface area (Å²) in [5.41, 5.74) is 9.20. The molecule has 45 heavy (non-hydrogen) atoms. The highest BCUT2D eigenvalue weighted by Crippen LogP contribution is 2.39.